The smallest absolute Gasteiger partial charge is 0.272 e. The third kappa shape index (κ3) is 1.66. The van der Waals surface area contributed by atoms with Crippen molar-refractivity contribution in [3.8, 4) is 0 Å². The Hall–Kier alpha value is -0.190. The zero-order valence-electron chi connectivity index (χ0n) is 7.14. The predicted molar refractivity (Wildman–Crippen MR) is 56.8 cm³/mol. The minimum Gasteiger partial charge on any atom is -0.316 e. The van der Waals surface area contributed by atoms with Gasteiger partial charge in [0.25, 0.3) is 5.92 Å². The highest BCUT2D eigenvalue weighted by molar-refractivity contribution is 9.10. The summed E-state index contributed by atoms with van der Waals surface area (Å²) in [6, 6.07) is 6.77. The quantitative estimate of drug-likeness (QED) is 0.843. The first kappa shape index (κ1) is 11.9. The molecule has 5 heteroatoms. The van der Waals surface area contributed by atoms with E-state index in [4.69, 9.17) is 5.73 Å². The number of halogens is 4. The molecule has 1 aromatic carbocycles. The largest absolute Gasteiger partial charge is 0.316 e. The van der Waals surface area contributed by atoms with E-state index in [0.717, 1.165) is 4.47 Å². The molecule has 1 aliphatic rings. The van der Waals surface area contributed by atoms with Gasteiger partial charge in [0.1, 0.15) is 5.54 Å². The first-order chi connectivity index (χ1) is 5.96. The summed E-state index contributed by atoms with van der Waals surface area (Å²) in [7, 11) is 0. The summed E-state index contributed by atoms with van der Waals surface area (Å²) in [4.78, 5) is 0. The van der Waals surface area contributed by atoms with Crippen LogP contribution in [0.4, 0.5) is 8.78 Å². The van der Waals surface area contributed by atoms with Crippen LogP contribution in [0.25, 0.3) is 0 Å². The molecule has 1 aliphatic carbocycles. The van der Waals surface area contributed by atoms with Crippen LogP contribution in [-0.2, 0) is 5.54 Å². The molecule has 1 unspecified atom stereocenters. The number of rotatable bonds is 1. The summed E-state index contributed by atoms with van der Waals surface area (Å²) >= 11 is 3.22. The van der Waals surface area contributed by atoms with E-state index in [-0.39, 0.29) is 18.8 Å². The van der Waals surface area contributed by atoms with Crippen molar-refractivity contribution in [3.63, 3.8) is 0 Å². The van der Waals surface area contributed by atoms with Gasteiger partial charge in [-0.3, -0.25) is 0 Å². The van der Waals surface area contributed by atoms with E-state index in [0.29, 0.717) is 5.56 Å². The minimum atomic E-state index is -2.74. The molecule has 0 spiro atoms. The molecule has 1 atom stereocenters. The molecule has 2 rings (SSSR count). The zero-order valence-corrected chi connectivity index (χ0v) is 9.54. The van der Waals surface area contributed by atoms with Crippen LogP contribution in [-0.4, -0.2) is 5.92 Å². The van der Waals surface area contributed by atoms with Crippen molar-refractivity contribution in [2.75, 3.05) is 0 Å². The highest BCUT2D eigenvalue weighted by atomic mass is 79.9. The van der Waals surface area contributed by atoms with Gasteiger partial charge in [-0.25, -0.2) is 8.78 Å². The Labute approximate surface area is 95.2 Å². The van der Waals surface area contributed by atoms with E-state index >= 15 is 0 Å². The van der Waals surface area contributed by atoms with Gasteiger partial charge < -0.3 is 5.73 Å². The van der Waals surface area contributed by atoms with Gasteiger partial charge in [0.05, 0.1) is 0 Å². The fraction of sp³-hybridized carbons (Fsp3) is 0.333. The third-order valence-corrected chi connectivity index (χ3v) is 2.86. The Morgan fingerprint density at radius 1 is 1.36 bits per heavy atom. The highest BCUT2D eigenvalue weighted by Gasteiger charge is 2.69. The van der Waals surface area contributed by atoms with Crippen LogP contribution in [0.1, 0.15) is 12.0 Å². The number of alkyl halides is 2. The van der Waals surface area contributed by atoms with Gasteiger partial charge >= 0.3 is 0 Å². The first-order valence-corrected chi connectivity index (χ1v) is 4.68. The molecule has 1 saturated carbocycles. The molecule has 78 valence electrons. The van der Waals surface area contributed by atoms with Gasteiger partial charge in [-0.2, -0.15) is 0 Å². The second-order valence-corrected chi connectivity index (χ2v) is 4.28. The lowest BCUT2D eigenvalue weighted by Crippen LogP contribution is -2.26. The van der Waals surface area contributed by atoms with Crippen LogP contribution in [0.3, 0.4) is 0 Å². The standard InChI is InChI=1S/C9H8BrF2N.ClH/c10-7-3-1-2-6(4-7)8(13)5-9(8,11)12;/h1-4H,5,13H2;1H. The van der Waals surface area contributed by atoms with E-state index in [1.54, 1.807) is 24.3 Å². The van der Waals surface area contributed by atoms with Crippen LogP contribution in [0, 0.1) is 0 Å². The first-order valence-electron chi connectivity index (χ1n) is 3.88. The van der Waals surface area contributed by atoms with Crippen molar-refractivity contribution >= 4 is 28.3 Å². The number of benzene rings is 1. The summed E-state index contributed by atoms with van der Waals surface area (Å²) < 4.78 is 26.5. The average Bonchev–Trinajstić information content (AvgIpc) is 2.53. The van der Waals surface area contributed by atoms with E-state index in [2.05, 4.69) is 15.9 Å². The molecule has 0 bridgehead atoms. The van der Waals surface area contributed by atoms with Crippen molar-refractivity contribution in [2.45, 2.75) is 17.9 Å². The second kappa shape index (κ2) is 3.43. The third-order valence-electron chi connectivity index (χ3n) is 2.37. The number of hydrogen-bond donors (Lipinski definition) is 1. The SMILES string of the molecule is Cl.NC1(c2cccc(Br)c2)CC1(F)F. The summed E-state index contributed by atoms with van der Waals surface area (Å²) in [5.41, 5.74) is 4.60. The summed E-state index contributed by atoms with van der Waals surface area (Å²) in [5.74, 6) is -2.74. The maximum absolute atomic E-state index is 12.9. The molecule has 0 aromatic heterocycles. The highest BCUT2D eigenvalue weighted by Crippen LogP contribution is 2.57. The van der Waals surface area contributed by atoms with E-state index in [1.807, 2.05) is 0 Å². The molecule has 0 amide bonds. The van der Waals surface area contributed by atoms with Crippen LogP contribution in [0.5, 0.6) is 0 Å². The van der Waals surface area contributed by atoms with E-state index in [9.17, 15) is 8.78 Å². The van der Waals surface area contributed by atoms with Gasteiger partial charge in [0.15, 0.2) is 0 Å². The topological polar surface area (TPSA) is 26.0 Å². The zero-order chi connectivity index (χ0) is 9.69. The van der Waals surface area contributed by atoms with Crippen LogP contribution in [0.15, 0.2) is 28.7 Å². The molecule has 0 heterocycles. The molecule has 1 aromatic rings. The lowest BCUT2D eigenvalue weighted by atomic mass is 10.1. The van der Waals surface area contributed by atoms with Gasteiger partial charge in [-0.15, -0.1) is 12.4 Å². The molecule has 0 aliphatic heterocycles. The van der Waals surface area contributed by atoms with Crippen LogP contribution >= 0.6 is 28.3 Å². The van der Waals surface area contributed by atoms with Crippen molar-refractivity contribution in [2.24, 2.45) is 5.73 Å². The van der Waals surface area contributed by atoms with Crippen LogP contribution in [0.2, 0.25) is 0 Å². The summed E-state index contributed by atoms with van der Waals surface area (Å²) in [6.07, 6.45) is -0.254. The van der Waals surface area contributed by atoms with E-state index < -0.39 is 11.5 Å². The Bertz CT molecular complexity index is 358. The normalized spacial score (nSPS) is 28.0. The summed E-state index contributed by atoms with van der Waals surface area (Å²) in [6.45, 7) is 0. The average molecular weight is 285 g/mol. The van der Waals surface area contributed by atoms with Gasteiger partial charge in [0, 0.05) is 10.9 Å². The Morgan fingerprint density at radius 3 is 2.36 bits per heavy atom. The maximum Gasteiger partial charge on any atom is 0.272 e. The second-order valence-electron chi connectivity index (χ2n) is 3.36. The molecule has 14 heavy (non-hydrogen) atoms. The lowest BCUT2D eigenvalue weighted by molar-refractivity contribution is 0.0891. The molecule has 0 radical (unpaired) electrons. The lowest BCUT2D eigenvalue weighted by Gasteiger charge is -2.10. The Kier molecular flexibility index (Phi) is 2.91. The van der Waals surface area contributed by atoms with Crippen molar-refractivity contribution < 1.29 is 8.78 Å². The monoisotopic (exact) mass is 283 g/mol. The molecule has 1 fully saturated rings. The molecular weight excluding hydrogens is 275 g/mol. The van der Waals surface area contributed by atoms with Crippen molar-refractivity contribution in [1.82, 2.24) is 0 Å². The summed E-state index contributed by atoms with van der Waals surface area (Å²) in [5, 5.41) is 0. The molecule has 1 nitrogen and oxygen atoms in total. The van der Waals surface area contributed by atoms with Gasteiger partial charge in [-0.1, -0.05) is 28.1 Å². The number of hydrogen-bond acceptors (Lipinski definition) is 1. The van der Waals surface area contributed by atoms with Crippen LogP contribution < -0.4 is 5.73 Å². The number of nitrogens with two attached hydrogens (primary N) is 1. The predicted octanol–water partition coefficient (Wildman–Crippen LogP) is 3.06. The minimum absolute atomic E-state index is 0. The fourth-order valence-electron chi connectivity index (χ4n) is 1.39. The molecular formula is C9H9BrClF2N. The maximum atomic E-state index is 12.9. The molecule has 2 N–H and O–H groups in total. The Balaban J connectivity index is 0.000000980. The van der Waals surface area contributed by atoms with Crippen molar-refractivity contribution in [3.05, 3.63) is 34.3 Å². The Morgan fingerprint density at radius 2 is 1.93 bits per heavy atom. The van der Waals surface area contributed by atoms with E-state index in [1.165, 1.54) is 0 Å². The van der Waals surface area contributed by atoms with Gasteiger partial charge in [-0.05, 0) is 17.7 Å². The van der Waals surface area contributed by atoms with Gasteiger partial charge in [0.2, 0.25) is 0 Å². The van der Waals surface area contributed by atoms with Crippen molar-refractivity contribution in [1.29, 1.82) is 0 Å². The molecule has 0 saturated heterocycles. The fourth-order valence-corrected chi connectivity index (χ4v) is 1.78.